The highest BCUT2D eigenvalue weighted by Gasteiger charge is 2.62. The van der Waals surface area contributed by atoms with Crippen molar-refractivity contribution in [3.8, 4) is 0 Å². The predicted octanol–water partition coefficient (Wildman–Crippen LogP) is 4.56. The van der Waals surface area contributed by atoms with Crippen LogP contribution in [0.1, 0.15) is 27.2 Å². The number of nitrogens with zero attached hydrogens (tertiary/aromatic N) is 1. The largest absolute Gasteiger partial charge is 0.366 e. The summed E-state index contributed by atoms with van der Waals surface area (Å²) in [5.74, 6) is 0. The maximum absolute atomic E-state index is 5.82. The molecule has 4 heteroatoms. The van der Waals surface area contributed by atoms with E-state index in [1.807, 2.05) is 0 Å². The molecule has 1 rings (SSSR count). The Kier molecular flexibility index (Phi) is 4.02. The number of rotatable bonds is 2. The summed E-state index contributed by atoms with van der Waals surface area (Å²) in [5, 5.41) is 0. The molecule has 0 amide bonds. The van der Waals surface area contributed by atoms with Crippen LogP contribution in [0.25, 0.3) is 0 Å². The monoisotopic (exact) mass is 301 g/mol. The zero-order valence-electron chi connectivity index (χ0n) is 13.8. The molecule has 1 aliphatic heterocycles. The third-order valence-corrected chi connectivity index (χ3v) is 15.9. The molecular formula is C14H31NSSi2. The smallest absolute Gasteiger partial charge is 0.0833 e. The quantitative estimate of drug-likeness (QED) is 0.543. The van der Waals surface area contributed by atoms with E-state index < -0.39 is 16.1 Å². The highest BCUT2D eigenvalue weighted by Crippen LogP contribution is 2.47. The average molecular weight is 302 g/mol. The minimum atomic E-state index is -1.26. The number of hydrogen-bond donors (Lipinski definition) is 0. The zero-order chi connectivity index (χ0) is 14.6. The van der Waals surface area contributed by atoms with E-state index >= 15 is 0 Å². The zero-order valence-corrected chi connectivity index (χ0v) is 16.6. The molecule has 18 heavy (non-hydrogen) atoms. The molecule has 1 saturated heterocycles. The Morgan fingerprint density at radius 2 is 1.39 bits per heavy atom. The van der Waals surface area contributed by atoms with Crippen molar-refractivity contribution in [3.63, 3.8) is 0 Å². The first kappa shape index (κ1) is 16.4. The molecule has 106 valence electrons. The lowest BCUT2D eigenvalue weighted by Crippen LogP contribution is -2.82. The fourth-order valence-electron chi connectivity index (χ4n) is 3.81. The second-order valence-electron chi connectivity index (χ2n) is 8.82. The first-order valence-electron chi connectivity index (χ1n) is 7.07. The van der Waals surface area contributed by atoms with Crippen LogP contribution in [0.5, 0.6) is 0 Å². The van der Waals surface area contributed by atoms with Gasteiger partial charge in [0.1, 0.15) is 0 Å². The second-order valence-corrected chi connectivity index (χ2v) is 20.4. The maximum atomic E-state index is 5.82. The van der Waals surface area contributed by atoms with Gasteiger partial charge in [0.15, 0.2) is 0 Å². The lowest BCUT2D eigenvalue weighted by molar-refractivity contribution is 0.185. The van der Waals surface area contributed by atoms with Gasteiger partial charge in [-0.2, -0.15) is 0 Å². The van der Waals surface area contributed by atoms with Gasteiger partial charge in [-0.1, -0.05) is 72.3 Å². The summed E-state index contributed by atoms with van der Waals surface area (Å²) in [6, 6.07) is 0. The molecule has 0 atom stereocenters. The molecule has 0 aromatic rings. The van der Waals surface area contributed by atoms with Crippen molar-refractivity contribution in [2.45, 2.75) is 71.3 Å². The fraction of sp³-hybridized carbons (Fsp3) is 0.929. The first-order chi connectivity index (χ1) is 7.75. The Morgan fingerprint density at radius 1 is 1.00 bits per heavy atom. The van der Waals surface area contributed by atoms with E-state index in [2.05, 4.69) is 65.0 Å². The van der Waals surface area contributed by atoms with Crippen LogP contribution < -0.4 is 0 Å². The van der Waals surface area contributed by atoms with Crippen molar-refractivity contribution >= 4 is 33.4 Å². The van der Waals surface area contributed by atoms with Gasteiger partial charge < -0.3 is 4.90 Å². The summed E-state index contributed by atoms with van der Waals surface area (Å²) in [4.78, 5) is 4.30. The van der Waals surface area contributed by atoms with Crippen molar-refractivity contribution < 1.29 is 0 Å². The molecule has 0 aromatic heterocycles. The van der Waals surface area contributed by atoms with Gasteiger partial charge >= 0.3 is 0 Å². The molecule has 1 fully saturated rings. The molecule has 0 aromatic carbocycles. The van der Waals surface area contributed by atoms with Gasteiger partial charge in [0, 0.05) is 16.7 Å². The van der Waals surface area contributed by atoms with Crippen LogP contribution in [0, 0.1) is 5.41 Å². The van der Waals surface area contributed by atoms with Crippen LogP contribution in [0.2, 0.25) is 39.3 Å². The highest BCUT2D eigenvalue weighted by atomic mass is 32.1. The third kappa shape index (κ3) is 2.36. The SMILES string of the molecule is CC(C)(C)C(=S)N1CCC1([Si](C)(C)C)[Si](C)(C)C. The van der Waals surface area contributed by atoms with Crippen molar-refractivity contribution in [2.24, 2.45) is 5.41 Å². The highest BCUT2D eigenvalue weighted by molar-refractivity contribution is 7.80. The molecule has 0 spiro atoms. The molecule has 0 bridgehead atoms. The molecule has 1 aliphatic rings. The van der Waals surface area contributed by atoms with Crippen molar-refractivity contribution in [1.29, 1.82) is 0 Å². The van der Waals surface area contributed by atoms with Crippen LogP contribution in [0.4, 0.5) is 0 Å². The van der Waals surface area contributed by atoms with E-state index in [4.69, 9.17) is 12.2 Å². The van der Waals surface area contributed by atoms with Crippen LogP contribution in [-0.4, -0.2) is 37.4 Å². The van der Waals surface area contributed by atoms with Gasteiger partial charge in [-0.05, 0) is 6.42 Å². The van der Waals surface area contributed by atoms with Crippen molar-refractivity contribution in [3.05, 3.63) is 0 Å². The van der Waals surface area contributed by atoms with Crippen molar-refractivity contribution in [2.75, 3.05) is 6.54 Å². The summed E-state index contributed by atoms with van der Waals surface area (Å²) < 4.78 is 0. The molecule has 1 nitrogen and oxygen atoms in total. The molecule has 0 N–H and O–H groups in total. The Morgan fingerprint density at radius 3 is 1.56 bits per heavy atom. The predicted molar refractivity (Wildman–Crippen MR) is 92.8 cm³/mol. The minimum absolute atomic E-state index is 0.125. The number of likely N-dealkylation sites (tertiary alicyclic amines) is 1. The Bertz CT molecular complexity index is 330. The standard InChI is InChI=1S/C14H31NSSi2/c1-13(2,3)12(16)15-11-10-14(15,17(4,5)6)18(7,8)9/h10-11H2,1-9H3. The maximum Gasteiger partial charge on any atom is 0.0833 e. The normalized spacial score (nSPS) is 20.6. The van der Waals surface area contributed by atoms with Gasteiger partial charge in [-0.15, -0.1) is 0 Å². The topological polar surface area (TPSA) is 3.24 Å². The molecule has 0 unspecified atom stereocenters. The number of thiocarbonyl (C=S) groups is 1. The Balaban J connectivity index is 3.22. The molecular weight excluding hydrogens is 270 g/mol. The third-order valence-electron chi connectivity index (χ3n) is 4.53. The van der Waals surface area contributed by atoms with Crippen LogP contribution in [0.3, 0.4) is 0 Å². The molecule has 0 radical (unpaired) electrons. The van der Waals surface area contributed by atoms with E-state index in [-0.39, 0.29) is 5.41 Å². The van der Waals surface area contributed by atoms with E-state index in [1.165, 1.54) is 18.0 Å². The number of hydrogen-bond acceptors (Lipinski definition) is 1. The first-order valence-corrected chi connectivity index (χ1v) is 14.5. The van der Waals surface area contributed by atoms with Gasteiger partial charge in [-0.25, -0.2) is 0 Å². The lowest BCUT2D eigenvalue weighted by atomic mass is 9.94. The van der Waals surface area contributed by atoms with Gasteiger partial charge in [0.05, 0.1) is 21.1 Å². The van der Waals surface area contributed by atoms with Crippen LogP contribution in [-0.2, 0) is 0 Å². The lowest BCUT2D eigenvalue weighted by Gasteiger charge is -2.67. The molecule has 0 aliphatic carbocycles. The summed E-state index contributed by atoms with van der Waals surface area (Å²) in [7, 11) is -2.53. The Labute approximate surface area is 121 Å². The second kappa shape index (κ2) is 4.42. The Hall–Kier alpha value is 0.324. The van der Waals surface area contributed by atoms with Crippen LogP contribution >= 0.6 is 12.2 Å². The summed E-state index contributed by atoms with van der Waals surface area (Å²) in [5.41, 5.74) is 0.125. The molecule has 1 heterocycles. The summed E-state index contributed by atoms with van der Waals surface area (Å²) >= 11 is 5.82. The van der Waals surface area contributed by atoms with E-state index in [9.17, 15) is 0 Å². The van der Waals surface area contributed by atoms with Crippen molar-refractivity contribution in [1.82, 2.24) is 4.90 Å². The fourth-order valence-corrected chi connectivity index (χ4v) is 17.0. The van der Waals surface area contributed by atoms with Gasteiger partial charge in [0.25, 0.3) is 0 Å². The van der Waals surface area contributed by atoms with E-state index in [0.29, 0.717) is 4.79 Å². The van der Waals surface area contributed by atoms with E-state index in [1.54, 1.807) is 0 Å². The van der Waals surface area contributed by atoms with Gasteiger partial charge in [0.2, 0.25) is 0 Å². The molecule has 0 saturated carbocycles. The minimum Gasteiger partial charge on any atom is -0.366 e. The van der Waals surface area contributed by atoms with E-state index in [0.717, 1.165) is 0 Å². The summed E-state index contributed by atoms with van der Waals surface area (Å²) in [6.45, 7) is 23.1. The van der Waals surface area contributed by atoms with Gasteiger partial charge in [-0.3, -0.25) is 0 Å². The van der Waals surface area contributed by atoms with Crippen LogP contribution in [0.15, 0.2) is 0 Å². The average Bonchev–Trinajstić information content (AvgIpc) is 1.93. The summed E-state index contributed by atoms with van der Waals surface area (Å²) in [6.07, 6.45) is 1.37.